The number of anilines is 1. The smallest absolute Gasteiger partial charge is 0.147 e. The lowest BCUT2D eigenvalue weighted by molar-refractivity contribution is -0.120. The highest BCUT2D eigenvalue weighted by atomic mass is 32.1. The Bertz CT molecular complexity index is 628. The lowest BCUT2D eigenvalue weighted by atomic mass is 9.86. The van der Waals surface area contributed by atoms with Crippen molar-refractivity contribution >= 4 is 22.8 Å². The van der Waals surface area contributed by atoms with Gasteiger partial charge in [-0.1, -0.05) is 18.2 Å². The highest BCUT2D eigenvalue weighted by Gasteiger charge is 2.26. The SMILES string of the molecule is Cc1nc(CC(=O)C2CCNc3ccccc32)sc1C. The third-order valence-electron chi connectivity index (χ3n) is 3.87. The Kier molecular flexibility index (Phi) is 3.57. The molecule has 2 heterocycles. The first kappa shape index (κ1) is 13.3. The zero-order valence-corrected chi connectivity index (χ0v) is 12.6. The number of nitrogens with one attached hydrogen (secondary N) is 1. The second kappa shape index (κ2) is 5.37. The lowest BCUT2D eigenvalue weighted by Gasteiger charge is -2.25. The summed E-state index contributed by atoms with van der Waals surface area (Å²) in [6.45, 7) is 4.92. The molecule has 0 spiro atoms. The van der Waals surface area contributed by atoms with Gasteiger partial charge in [-0.25, -0.2) is 4.98 Å². The number of hydrogen-bond acceptors (Lipinski definition) is 4. The van der Waals surface area contributed by atoms with Crippen molar-refractivity contribution in [2.45, 2.75) is 32.6 Å². The van der Waals surface area contributed by atoms with Crippen LogP contribution in [0.2, 0.25) is 0 Å². The molecule has 0 aliphatic carbocycles. The van der Waals surface area contributed by atoms with Crippen LogP contribution in [0.4, 0.5) is 5.69 Å². The molecule has 1 atom stereocenters. The summed E-state index contributed by atoms with van der Waals surface area (Å²) in [5.74, 6) is 0.296. The number of para-hydroxylation sites is 1. The lowest BCUT2D eigenvalue weighted by Crippen LogP contribution is -2.24. The molecule has 4 heteroatoms. The molecule has 104 valence electrons. The van der Waals surface area contributed by atoms with Crippen LogP contribution >= 0.6 is 11.3 Å². The number of Topliss-reactive ketones (excluding diaryl/α,β-unsaturated/α-hetero) is 1. The summed E-state index contributed by atoms with van der Waals surface area (Å²) in [5.41, 5.74) is 3.28. The standard InChI is InChI=1S/C16H18N2OS/c1-10-11(2)20-16(18-10)9-15(19)13-7-8-17-14-6-4-3-5-12(13)14/h3-6,13,17H,7-9H2,1-2H3. The molecule has 3 nitrogen and oxygen atoms in total. The molecular weight excluding hydrogens is 268 g/mol. The average molecular weight is 286 g/mol. The van der Waals surface area contributed by atoms with Crippen molar-refractivity contribution in [1.82, 2.24) is 4.98 Å². The molecule has 1 aromatic heterocycles. The molecule has 3 rings (SSSR count). The van der Waals surface area contributed by atoms with Crippen LogP contribution in [0.3, 0.4) is 0 Å². The summed E-state index contributed by atoms with van der Waals surface area (Å²) >= 11 is 1.64. The minimum atomic E-state index is 0.0111. The number of ketones is 1. The number of carbonyl (C=O) groups excluding carboxylic acids is 1. The maximum Gasteiger partial charge on any atom is 0.147 e. The molecule has 0 radical (unpaired) electrons. The van der Waals surface area contributed by atoms with Crippen molar-refractivity contribution in [3.8, 4) is 0 Å². The first-order valence-corrected chi connectivity index (χ1v) is 7.75. The molecular formula is C16H18N2OS. The molecule has 20 heavy (non-hydrogen) atoms. The Balaban J connectivity index is 1.81. The minimum Gasteiger partial charge on any atom is -0.385 e. The van der Waals surface area contributed by atoms with Crippen molar-refractivity contribution in [3.63, 3.8) is 0 Å². The number of nitrogens with zero attached hydrogens (tertiary/aromatic N) is 1. The van der Waals surface area contributed by atoms with Gasteiger partial charge in [-0.15, -0.1) is 11.3 Å². The zero-order valence-electron chi connectivity index (χ0n) is 11.8. The van der Waals surface area contributed by atoms with Crippen LogP contribution in [0.1, 0.15) is 33.5 Å². The Labute approximate surface area is 123 Å². The number of benzene rings is 1. The molecule has 0 bridgehead atoms. The number of carbonyl (C=O) groups is 1. The van der Waals surface area contributed by atoms with Crippen molar-refractivity contribution in [2.24, 2.45) is 0 Å². The van der Waals surface area contributed by atoms with E-state index in [4.69, 9.17) is 0 Å². The molecule has 2 aromatic rings. The second-order valence-corrected chi connectivity index (χ2v) is 6.54. The van der Waals surface area contributed by atoms with Crippen molar-refractivity contribution in [3.05, 3.63) is 45.4 Å². The van der Waals surface area contributed by atoms with Crippen LogP contribution in [0.5, 0.6) is 0 Å². The molecule has 0 amide bonds. The van der Waals surface area contributed by atoms with Crippen LogP contribution in [-0.2, 0) is 11.2 Å². The monoisotopic (exact) mass is 286 g/mol. The first-order valence-electron chi connectivity index (χ1n) is 6.93. The van der Waals surface area contributed by atoms with Gasteiger partial charge in [0.15, 0.2) is 0 Å². The fraction of sp³-hybridized carbons (Fsp3) is 0.375. The van der Waals surface area contributed by atoms with Crippen molar-refractivity contribution in [2.75, 3.05) is 11.9 Å². The zero-order chi connectivity index (χ0) is 14.1. The molecule has 0 saturated heterocycles. The van der Waals surface area contributed by atoms with Gasteiger partial charge < -0.3 is 5.32 Å². The maximum absolute atomic E-state index is 12.6. The molecule has 1 N–H and O–H groups in total. The molecule has 0 fully saturated rings. The van der Waals surface area contributed by atoms with E-state index in [1.165, 1.54) is 4.88 Å². The van der Waals surface area contributed by atoms with Gasteiger partial charge >= 0.3 is 0 Å². The van der Waals surface area contributed by atoms with E-state index in [1.54, 1.807) is 11.3 Å². The Morgan fingerprint density at radius 1 is 1.40 bits per heavy atom. The van der Waals surface area contributed by atoms with E-state index in [1.807, 2.05) is 25.1 Å². The summed E-state index contributed by atoms with van der Waals surface area (Å²) in [6.07, 6.45) is 1.33. The minimum absolute atomic E-state index is 0.0111. The van der Waals surface area contributed by atoms with Crippen LogP contribution < -0.4 is 5.32 Å². The summed E-state index contributed by atoms with van der Waals surface area (Å²) in [4.78, 5) is 18.3. The Morgan fingerprint density at radius 2 is 2.20 bits per heavy atom. The van der Waals surface area contributed by atoms with E-state index in [-0.39, 0.29) is 11.7 Å². The van der Waals surface area contributed by atoms with E-state index < -0.39 is 0 Å². The number of fused-ring (bicyclic) bond motifs is 1. The van der Waals surface area contributed by atoms with E-state index in [2.05, 4.69) is 23.3 Å². The largest absolute Gasteiger partial charge is 0.385 e. The fourth-order valence-corrected chi connectivity index (χ4v) is 3.63. The van der Waals surface area contributed by atoms with Gasteiger partial charge in [0.2, 0.25) is 0 Å². The van der Waals surface area contributed by atoms with Crippen LogP contribution in [0.15, 0.2) is 24.3 Å². The van der Waals surface area contributed by atoms with Gasteiger partial charge in [0.25, 0.3) is 0 Å². The van der Waals surface area contributed by atoms with E-state index in [0.29, 0.717) is 6.42 Å². The topological polar surface area (TPSA) is 42.0 Å². The Morgan fingerprint density at radius 3 is 2.95 bits per heavy atom. The molecule has 1 aliphatic heterocycles. The second-order valence-electron chi connectivity index (χ2n) is 5.25. The van der Waals surface area contributed by atoms with Gasteiger partial charge in [0, 0.05) is 23.0 Å². The molecule has 1 aliphatic rings. The summed E-state index contributed by atoms with van der Waals surface area (Å²) in [7, 11) is 0. The number of thiazole rings is 1. The van der Waals surface area contributed by atoms with Gasteiger partial charge in [0.1, 0.15) is 10.8 Å². The third kappa shape index (κ3) is 2.48. The van der Waals surface area contributed by atoms with Crippen LogP contribution in [0, 0.1) is 13.8 Å². The summed E-state index contributed by atoms with van der Waals surface area (Å²) in [6, 6.07) is 8.12. The van der Waals surface area contributed by atoms with Gasteiger partial charge in [-0.3, -0.25) is 4.79 Å². The number of aryl methyl sites for hydroxylation is 2. The number of aromatic nitrogens is 1. The molecule has 1 unspecified atom stereocenters. The fourth-order valence-electron chi connectivity index (χ4n) is 2.69. The quantitative estimate of drug-likeness (QED) is 0.939. The van der Waals surface area contributed by atoms with E-state index >= 15 is 0 Å². The van der Waals surface area contributed by atoms with Gasteiger partial charge in [-0.05, 0) is 31.9 Å². The predicted molar refractivity (Wildman–Crippen MR) is 82.6 cm³/mol. The average Bonchev–Trinajstić information content (AvgIpc) is 2.76. The molecule has 0 saturated carbocycles. The number of hydrogen-bond donors (Lipinski definition) is 1. The van der Waals surface area contributed by atoms with Gasteiger partial charge in [0.05, 0.1) is 12.1 Å². The first-order chi connectivity index (χ1) is 9.65. The normalized spacial score (nSPS) is 17.4. The maximum atomic E-state index is 12.6. The van der Waals surface area contributed by atoms with Crippen molar-refractivity contribution in [1.29, 1.82) is 0 Å². The highest BCUT2D eigenvalue weighted by molar-refractivity contribution is 7.11. The van der Waals surface area contributed by atoms with Crippen molar-refractivity contribution < 1.29 is 4.79 Å². The third-order valence-corrected chi connectivity index (χ3v) is 4.94. The Hall–Kier alpha value is -1.68. The van der Waals surface area contributed by atoms with Gasteiger partial charge in [-0.2, -0.15) is 0 Å². The molecule has 1 aromatic carbocycles. The summed E-state index contributed by atoms with van der Waals surface area (Å²) < 4.78 is 0. The van der Waals surface area contributed by atoms with Crippen LogP contribution in [-0.4, -0.2) is 17.3 Å². The summed E-state index contributed by atoms with van der Waals surface area (Å²) in [5, 5.41) is 4.30. The highest BCUT2D eigenvalue weighted by Crippen LogP contribution is 2.33. The predicted octanol–water partition coefficient (Wildman–Crippen LogP) is 3.47. The van der Waals surface area contributed by atoms with E-state index in [0.717, 1.165) is 34.9 Å². The van der Waals surface area contributed by atoms with Crippen LogP contribution in [0.25, 0.3) is 0 Å². The number of rotatable bonds is 3. The van der Waals surface area contributed by atoms with E-state index in [9.17, 15) is 4.79 Å².